The van der Waals surface area contributed by atoms with Crippen LogP contribution in [0, 0.1) is 6.92 Å². The molecule has 0 spiro atoms. The summed E-state index contributed by atoms with van der Waals surface area (Å²) in [6.07, 6.45) is 6.56. The third-order valence-electron chi connectivity index (χ3n) is 4.93. The molecule has 9 heteroatoms. The molecule has 2 aliphatic rings. The Morgan fingerprint density at radius 2 is 2.08 bits per heavy atom. The molecule has 0 saturated carbocycles. The van der Waals surface area contributed by atoms with Crippen molar-refractivity contribution in [2.24, 2.45) is 0 Å². The number of hydrogen-bond acceptors (Lipinski definition) is 6. The monoisotopic (exact) mass is 382 g/mol. The first-order valence-corrected chi connectivity index (χ1v) is 10.9. The first-order valence-electron chi connectivity index (χ1n) is 8.61. The highest BCUT2D eigenvalue weighted by Crippen LogP contribution is 2.37. The molecule has 2 aromatic rings. The van der Waals surface area contributed by atoms with Gasteiger partial charge in [0, 0.05) is 31.3 Å². The molecule has 0 bridgehead atoms. The van der Waals surface area contributed by atoms with Gasteiger partial charge in [-0.15, -0.1) is 11.3 Å². The van der Waals surface area contributed by atoms with Crippen LogP contribution >= 0.6 is 11.3 Å². The minimum atomic E-state index is -3.56. The lowest BCUT2D eigenvalue weighted by Crippen LogP contribution is -2.30. The molecule has 0 amide bonds. The minimum Gasteiger partial charge on any atom is -0.381 e. The quantitative estimate of drug-likeness (QED) is 0.812. The fourth-order valence-electron chi connectivity index (χ4n) is 3.60. The average Bonchev–Trinajstić information content (AvgIpc) is 3.35. The first-order chi connectivity index (χ1) is 12.1. The van der Waals surface area contributed by atoms with Crippen LogP contribution in [0.15, 0.2) is 22.7 Å². The van der Waals surface area contributed by atoms with Crippen LogP contribution in [-0.4, -0.2) is 47.2 Å². The van der Waals surface area contributed by atoms with E-state index in [0.717, 1.165) is 36.4 Å². The fraction of sp³-hybridized carbons (Fsp3) is 0.625. The van der Waals surface area contributed by atoms with Gasteiger partial charge in [-0.2, -0.15) is 9.40 Å². The standard InChI is InChI=1S/C16H22N4O3S2/c1-12-18-15(11-24-12)16-3-2-6-20(16)25(21,22)14-9-17-19(10-14)13-4-7-23-8-5-13/h9-11,13,16H,2-8H2,1H3/t16-/m0/s1. The molecule has 0 aliphatic carbocycles. The normalized spacial score (nSPS) is 23.3. The highest BCUT2D eigenvalue weighted by molar-refractivity contribution is 7.89. The Labute approximate surface area is 151 Å². The summed E-state index contributed by atoms with van der Waals surface area (Å²) in [5.74, 6) is 0. The third-order valence-corrected chi connectivity index (χ3v) is 7.58. The van der Waals surface area contributed by atoms with Gasteiger partial charge in [-0.25, -0.2) is 13.4 Å². The topological polar surface area (TPSA) is 77.3 Å². The summed E-state index contributed by atoms with van der Waals surface area (Å²) in [6, 6.07) is 0.0506. The van der Waals surface area contributed by atoms with E-state index in [-0.39, 0.29) is 17.0 Å². The molecule has 2 fully saturated rings. The summed E-state index contributed by atoms with van der Waals surface area (Å²) in [7, 11) is -3.56. The van der Waals surface area contributed by atoms with Crippen LogP contribution in [0.4, 0.5) is 0 Å². The number of rotatable bonds is 4. The molecule has 4 rings (SSSR count). The van der Waals surface area contributed by atoms with E-state index in [1.165, 1.54) is 6.20 Å². The van der Waals surface area contributed by atoms with Crippen molar-refractivity contribution in [1.82, 2.24) is 19.1 Å². The van der Waals surface area contributed by atoms with Crippen molar-refractivity contribution in [2.75, 3.05) is 19.8 Å². The van der Waals surface area contributed by atoms with E-state index in [9.17, 15) is 8.42 Å². The van der Waals surface area contributed by atoms with Gasteiger partial charge in [-0.3, -0.25) is 4.68 Å². The maximum absolute atomic E-state index is 13.1. The molecule has 7 nitrogen and oxygen atoms in total. The lowest BCUT2D eigenvalue weighted by molar-refractivity contribution is 0.0662. The van der Waals surface area contributed by atoms with E-state index in [1.54, 1.807) is 26.5 Å². The second kappa shape index (κ2) is 6.79. The highest BCUT2D eigenvalue weighted by atomic mass is 32.2. The number of hydrogen-bond donors (Lipinski definition) is 0. The average molecular weight is 383 g/mol. The molecule has 2 aromatic heterocycles. The number of sulfonamides is 1. The Morgan fingerprint density at radius 3 is 2.80 bits per heavy atom. The maximum Gasteiger partial charge on any atom is 0.246 e. The summed E-state index contributed by atoms with van der Waals surface area (Å²) in [5, 5.41) is 7.26. The van der Waals surface area contributed by atoms with Gasteiger partial charge in [0.1, 0.15) is 4.90 Å². The highest BCUT2D eigenvalue weighted by Gasteiger charge is 2.38. The van der Waals surface area contributed by atoms with Crippen molar-refractivity contribution in [1.29, 1.82) is 0 Å². The van der Waals surface area contributed by atoms with Gasteiger partial charge in [0.15, 0.2) is 0 Å². The van der Waals surface area contributed by atoms with Gasteiger partial charge >= 0.3 is 0 Å². The van der Waals surface area contributed by atoms with Gasteiger partial charge in [-0.1, -0.05) is 0 Å². The van der Waals surface area contributed by atoms with E-state index in [4.69, 9.17) is 4.74 Å². The van der Waals surface area contributed by atoms with Crippen LogP contribution in [0.2, 0.25) is 0 Å². The summed E-state index contributed by atoms with van der Waals surface area (Å²) in [6.45, 7) is 3.87. The van der Waals surface area contributed by atoms with Gasteiger partial charge in [0.2, 0.25) is 10.0 Å². The van der Waals surface area contributed by atoms with E-state index >= 15 is 0 Å². The van der Waals surface area contributed by atoms with Gasteiger partial charge in [-0.05, 0) is 32.6 Å². The van der Waals surface area contributed by atoms with Crippen LogP contribution in [0.5, 0.6) is 0 Å². The molecule has 0 radical (unpaired) electrons. The molecule has 136 valence electrons. The Balaban J connectivity index is 1.59. The summed E-state index contributed by atoms with van der Waals surface area (Å²) in [4.78, 5) is 4.78. The van der Waals surface area contributed by atoms with Crippen molar-refractivity contribution in [3.05, 3.63) is 28.5 Å². The lowest BCUT2D eigenvalue weighted by Gasteiger charge is -2.23. The second-order valence-corrected chi connectivity index (χ2v) is 9.52. The van der Waals surface area contributed by atoms with E-state index in [0.29, 0.717) is 19.8 Å². The zero-order valence-electron chi connectivity index (χ0n) is 14.2. The summed E-state index contributed by atoms with van der Waals surface area (Å²) < 4.78 is 35.0. The van der Waals surface area contributed by atoms with E-state index in [2.05, 4.69) is 10.1 Å². The first kappa shape index (κ1) is 17.1. The van der Waals surface area contributed by atoms with Crippen molar-refractivity contribution in [3.63, 3.8) is 0 Å². The van der Waals surface area contributed by atoms with Crippen molar-refractivity contribution >= 4 is 21.4 Å². The molecule has 2 saturated heterocycles. The fourth-order valence-corrected chi connectivity index (χ4v) is 5.86. The predicted octanol–water partition coefficient (Wildman–Crippen LogP) is 2.53. The number of ether oxygens (including phenoxy) is 1. The number of aryl methyl sites for hydroxylation is 1. The molecule has 0 aromatic carbocycles. The Hall–Kier alpha value is -1.29. The zero-order valence-corrected chi connectivity index (χ0v) is 15.8. The molecular weight excluding hydrogens is 360 g/mol. The van der Waals surface area contributed by atoms with Gasteiger partial charge < -0.3 is 4.74 Å². The third kappa shape index (κ3) is 3.25. The van der Waals surface area contributed by atoms with Crippen LogP contribution in [-0.2, 0) is 14.8 Å². The molecule has 25 heavy (non-hydrogen) atoms. The maximum atomic E-state index is 13.1. The Bertz CT molecular complexity index is 839. The molecule has 0 unspecified atom stereocenters. The van der Waals surface area contributed by atoms with Gasteiger partial charge in [0.25, 0.3) is 0 Å². The summed E-state index contributed by atoms with van der Waals surface area (Å²) in [5.41, 5.74) is 0.861. The van der Waals surface area contributed by atoms with Crippen LogP contribution in [0.3, 0.4) is 0 Å². The zero-order chi connectivity index (χ0) is 17.4. The van der Waals surface area contributed by atoms with Crippen LogP contribution in [0.1, 0.15) is 48.5 Å². The van der Waals surface area contributed by atoms with Crippen molar-refractivity contribution in [3.8, 4) is 0 Å². The summed E-state index contributed by atoms with van der Waals surface area (Å²) >= 11 is 1.56. The van der Waals surface area contributed by atoms with E-state index in [1.807, 2.05) is 12.3 Å². The van der Waals surface area contributed by atoms with E-state index < -0.39 is 10.0 Å². The largest absolute Gasteiger partial charge is 0.381 e. The Morgan fingerprint density at radius 1 is 1.28 bits per heavy atom. The smallest absolute Gasteiger partial charge is 0.246 e. The lowest BCUT2D eigenvalue weighted by atomic mass is 10.1. The second-order valence-electron chi connectivity index (χ2n) is 6.56. The van der Waals surface area contributed by atoms with Crippen LogP contribution < -0.4 is 0 Å². The van der Waals surface area contributed by atoms with Crippen LogP contribution in [0.25, 0.3) is 0 Å². The molecule has 1 atom stereocenters. The number of aromatic nitrogens is 3. The molecule has 4 heterocycles. The molecule has 2 aliphatic heterocycles. The Kier molecular flexibility index (Phi) is 4.65. The SMILES string of the molecule is Cc1nc([C@@H]2CCCN2S(=O)(=O)c2cnn(C3CCOCC3)c2)cs1. The molecular formula is C16H22N4O3S2. The minimum absolute atomic E-state index is 0.165. The van der Waals surface area contributed by atoms with Gasteiger partial charge in [0.05, 0.1) is 29.0 Å². The number of thiazole rings is 1. The van der Waals surface area contributed by atoms with Crippen molar-refractivity contribution in [2.45, 2.75) is 49.6 Å². The number of nitrogens with zero attached hydrogens (tertiary/aromatic N) is 4. The van der Waals surface area contributed by atoms with Crippen molar-refractivity contribution < 1.29 is 13.2 Å². The molecule has 0 N–H and O–H groups in total. The predicted molar refractivity (Wildman–Crippen MR) is 94.0 cm³/mol.